The van der Waals surface area contributed by atoms with Crippen molar-refractivity contribution < 1.29 is 19.1 Å². The molecule has 6 nitrogen and oxygen atoms in total. The lowest BCUT2D eigenvalue weighted by Crippen LogP contribution is -2.46. The molecule has 0 radical (unpaired) electrons. The normalized spacial score (nSPS) is 11.4. The first kappa shape index (κ1) is 17.7. The highest BCUT2D eigenvalue weighted by Gasteiger charge is 2.20. The zero-order valence-corrected chi connectivity index (χ0v) is 12.9. The standard InChI is InChI=1S/C16H22N2O4/c1-3-4-10-13(16(21)22-2)18-14(19)11-17-15(20)12-8-6-5-7-9-12/h5-9,13H,3-4,10-11H2,1-2H3,(H,17,20)(H,18,19)/t13-/m0/s1. The van der Waals surface area contributed by atoms with Gasteiger partial charge in [-0.25, -0.2) is 4.79 Å². The fourth-order valence-corrected chi connectivity index (χ4v) is 1.90. The summed E-state index contributed by atoms with van der Waals surface area (Å²) >= 11 is 0. The Morgan fingerprint density at radius 1 is 1.18 bits per heavy atom. The average Bonchev–Trinajstić information content (AvgIpc) is 2.56. The number of nitrogens with one attached hydrogen (secondary N) is 2. The van der Waals surface area contributed by atoms with Crippen LogP contribution >= 0.6 is 0 Å². The summed E-state index contributed by atoms with van der Waals surface area (Å²) in [6, 6.07) is 7.93. The minimum atomic E-state index is -0.675. The van der Waals surface area contributed by atoms with E-state index in [9.17, 15) is 14.4 Å². The van der Waals surface area contributed by atoms with Gasteiger partial charge in [-0.05, 0) is 18.6 Å². The number of carbonyl (C=O) groups excluding carboxylic acids is 3. The van der Waals surface area contributed by atoms with Gasteiger partial charge in [-0.1, -0.05) is 38.0 Å². The molecule has 0 bridgehead atoms. The van der Waals surface area contributed by atoms with Crippen molar-refractivity contribution in [2.24, 2.45) is 0 Å². The molecular weight excluding hydrogens is 284 g/mol. The van der Waals surface area contributed by atoms with E-state index in [2.05, 4.69) is 15.4 Å². The molecule has 1 aromatic rings. The molecule has 0 aliphatic carbocycles. The van der Waals surface area contributed by atoms with Crippen LogP contribution in [0, 0.1) is 0 Å². The van der Waals surface area contributed by atoms with Crippen molar-refractivity contribution in [1.82, 2.24) is 10.6 Å². The topological polar surface area (TPSA) is 84.5 Å². The van der Waals surface area contributed by atoms with Crippen LogP contribution in [-0.4, -0.2) is 37.5 Å². The molecule has 0 heterocycles. The average molecular weight is 306 g/mol. The molecule has 0 aromatic heterocycles. The van der Waals surface area contributed by atoms with Crippen LogP contribution in [0.3, 0.4) is 0 Å². The smallest absolute Gasteiger partial charge is 0.328 e. The summed E-state index contributed by atoms with van der Waals surface area (Å²) in [4.78, 5) is 35.2. The number of hydrogen-bond acceptors (Lipinski definition) is 4. The minimum Gasteiger partial charge on any atom is -0.467 e. The van der Waals surface area contributed by atoms with Crippen LogP contribution in [0.25, 0.3) is 0 Å². The number of carbonyl (C=O) groups is 3. The summed E-state index contributed by atoms with van der Waals surface area (Å²) in [5.41, 5.74) is 0.478. The number of esters is 1. The van der Waals surface area contributed by atoms with Crippen molar-refractivity contribution >= 4 is 17.8 Å². The predicted molar refractivity (Wildman–Crippen MR) is 82.2 cm³/mol. The fraction of sp³-hybridized carbons (Fsp3) is 0.438. The van der Waals surface area contributed by atoms with Crippen molar-refractivity contribution in [2.75, 3.05) is 13.7 Å². The van der Waals surface area contributed by atoms with Gasteiger partial charge in [-0.15, -0.1) is 0 Å². The molecule has 0 aliphatic rings. The second-order valence-corrected chi connectivity index (χ2v) is 4.83. The van der Waals surface area contributed by atoms with Gasteiger partial charge in [0.2, 0.25) is 5.91 Å². The third-order valence-electron chi connectivity index (χ3n) is 3.11. The lowest BCUT2D eigenvalue weighted by molar-refractivity contribution is -0.145. The minimum absolute atomic E-state index is 0.187. The summed E-state index contributed by atoms with van der Waals surface area (Å²) in [7, 11) is 1.28. The second-order valence-electron chi connectivity index (χ2n) is 4.83. The zero-order chi connectivity index (χ0) is 16.4. The van der Waals surface area contributed by atoms with E-state index in [1.54, 1.807) is 30.3 Å². The molecule has 0 saturated heterocycles. The van der Waals surface area contributed by atoms with Crippen LogP contribution in [0.1, 0.15) is 36.5 Å². The Hall–Kier alpha value is -2.37. The van der Waals surface area contributed by atoms with Crippen LogP contribution < -0.4 is 10.6 Å². The Labute approximate surface area is 130 Å². The third kappa shape index (κ3) is 5.95. The maximum absolute atomic E-state index is 11.8. The Bertz CT molecular complexity index is 502. The number of ether oxygens (including phenoxy) is 1. The van der Waals surface area contributed by atoms with E-state index in [1.165, 1.54) is 7.11 Å². The van der Waals surface area contributed by atoms with E-state index in [0.29, 0.717) is 12.0 Å². The van der Waals surface area contributed by atoms with Crippen molar-refractivity contribution in [3.63, 3.8) is 0 Å². The first-order valence-corrected chi connectivity index (χ1v) is 7.29. The van der Waals surface area contributed by atoms with Gasteiger partial charge in [0.05, 0.1) is 13.7 Å². The number of rotatable bonds is 8. The molecule has 2 N–H and O–H groups in total. The summed E-state index contributed by atoms with van der Waals surface area (Å²) in [6.07, 6.45) is 2.23. The lowest BCUT2D eigenvalue weighted by atomic mass is 10.1. The molecule has 2 amide bonds. The Morgan fingerprint density at radius 2 is 1.86 bits per heavy atom. The van der Waals surface area contributed by atoms with Crippen LogP contribution in [0.5, 0.6) is 0 Å². The van der Waals surface area contributed by atoms with Crippen LogP contribution in [0.4, 0.5) is 0 Å². The number of hydrogen-bond donors (Lipinski definition) is 2. The Balaban J connectivity index is 2.46. The van der Waals surface area contributed by atoms with Crippen LogP contribution in [0.15, 0.2) is 30.3 Å². The first-order chi connectivity index (χ1) is 10.6. The van der Waals surface area contributed by atoms with Crippen molar-refractivity contribution in [3.8, 4) is 0 Å². The molecule has 0 spiro atoms. The quantitative estimate of drug-likeness (QED) is 0.708. The largest absolute Gasteiger partial charge is 0.467 e. The molecular formula is C16H22N2O4. The Morgan fingerprint density at radius 3 is 2.45 bits per heavy atom. The molecule has 0 fully saturated rings. The lowest BCUT2D eigenvalue weighted by Gasteiger charge is -2.16. The van der Waals surface area contributed by atoms with E-state index in [-0.39, 0.29) is 12.5 Å². The van der Waals surface area contributed by atoms with Gasteiger partial charge in [0.25, 0.3) is 5.91 Å². The maximum atomic E-state index is 11.8. The molecule has 0 saturated carbocycles. The highest BCUT2D eigenvalue weighted by molar-refractivity contribution is 5.96. The molecule has 120 valence electrons. The highest BCUT2D eigenvalue weighted by atomic mass is 16.5. The molecule has 6 heteroatoms. The highest BCUT2D eigenvalue weighted by Crippen LogP contribution is 2.02. The van der Waals surface area contributed by atoms with E-state index in [4.69, 9.17) is 0 Å². The monoisotopic (exact) mass is 306 g/mol. The van der Waals surface area contributed by atoms with Crippen molar-refractivity contribution in [3.05, 3.63) is 35.9 Å². The van der Waals surface area contributed by atoms with Gasteiger partial charge < -0.3 is 15.4 Å². The van der Waals surface area contributed by atoms with Crippen LogP contribution in [0.2, 0.25) is 0 Å². The third-order valence-corrected chi connectivity index (χ3v) is 3.11. The number of benzene rings is 1. The summed E-state index contributed by atoms with van der Waals surface area (Å²) in [5.74, 6) is -1.23. The summed E-state index contributed by atoms with van der Waals surface area (Å²) in [6.45, 7) is 1.81. The SMILES string of the molecule is CCCC[C@H](NC(=O)CNC(=O)c1ccccc1)C(=O)OC. The first-order valence-electron chi connectivity index (χ1n) is 7.29. The molecule has 1 aromatic carbocycles. The van der Waals surface area contributed by atoms with Gasteiger partial charge in [-0.3, -0.25) is 9.59 Å². The van der Waals surface area contributed by atoms with E-state index < -0.39 is 17.9 Å². The zero-order valence-electron chi connectivity index (χ0n) is 12.9. The molecule has 1 rings (SSSR count). The van der Waals surface area contributed by atoms with E-state index in [0.717, 1.165) is 12.8 Å². The molecule has 0 aliphatic heterocycles. The second kappa shape index (κ2) is 9.55. The number of methoxy groups -OCH3 is 1. The fourth-order valence-electron chi connectivity index (χ4n) is 1.90. The predicted octanol–water partition coefficient (Wildman–Crippen LogP) is 1.26. The maximum Gasteiger partial charge on any atom is 0.328 e. The summed E-state index contributed by atoms with van der Waals surface area (Å²) < 4.78 is 4.66. The molecule has 22 heavy (non-hydrogen) atoms. The van der Waals surface area contributed by atoms with Gasteiger partial charge >= 0.3 is 5.97 Å². The van der Waals surface area contributed by atoms with Gasteiger partial charge in [0.15, 0.2) is 0 Å². The van der Waals surface area contributed by atoms with Gasteiger partial charge in [0.1, 0.15) is 6.04 Å². The van der Waals surface area contributed by atoms with E-state index in [1.807, 2.05) is 6.92 Å². The van der Waals surface area contributed by atoms with Crippen molar-refractivity contribution in [1.29, 1.82) is 0 Å². The van der Waals surface area contributed by atoms with E-state index >= 15 is 0 Å². The molecule has 1 atom stereocenters. The number of amides is 2. The Kier molecular flexibility index (Phi) is 7.67. The van der Waals surface area contributed by atoms with Gasteiger partial charge in [-0.2, -0.15) is 0 Å². The summed E-state index contributed by atoms with van der Waals surface area (Å²) in [5, 5.41) is 5.10. The van der Waals surface area contributed by atoms with Gasteiger partial charge in [0, 0.05) is 5.56 Å². The molecule has 0 unspecified atom stereocenters. The number of unbranched alkanes of at least 4 members (excludes halogenated alkanes) is 1. The van der Waals surface area contributed by atoms with Crippen molar-refractivity contribution in [2.45, 2.75) is 32.2 Å². The van der Waals surface area contributed by atoms with Crippen LogP contribution in [-0.2, 0) is 14.3 Å².